The Morgan fingerprint density at radius 1 is 1.21 bits per heavy atom. The fourth-order valence-electron chi connectivity index (χ4n) is 1.95. The summed E-state index contributed by atoms with van der Waals surface area (Å²) in [6.45, 7) is 1.84. The van der Waals surface area contributed by atoms with Crippen molar-refractivity contribution < 1.29 is 14.0 Å². The molecule has 0 saturated heterocycles. The van der Waals surface area contributed by atoms with E-state index in [1.807, 2.05) is 6.92 Å². The Bertz CT molecular complexity index is 727. The first kappa shape index (κ1) is 17.7. The maximum absolute atomic E-state index is 11.9. The fraction of sp³-hybridized carbons (Fsp3) is 0.235. The maximum Gasteiger partial charge on any atom is 0.240 e. The van der Waals surface area contributed by atoms with Crippen molar-refractivity contribution in [1.29, 1.82) is 0 Å². The van der Waals surface area contributed by atoms with Gasteiger partial charge in [0.25, 0.3) is 0 Å². The number of amides is 2. The van der Waals surface area contributed by atoms with Gasteiger partial charge in [-0.15, -0.1) is 0 Å². The summed E-state index contributed by atoms with van der Waals surface area (Å²) in [5.74, 6) is 0.128. The van der Waals surface area contributed by atoms with Gasteiger partial charge < -0.3 is 9.73 Å². The minimum absolute atomic E-state index is 0.160. The smallest absolute Gasteiger partial charge is 0.240 e. The van der Waals surface area contributed by atoms with Gasteiger partial charge in [0, 0.05) is 23.6 Å². The van der Waals surface area contributed by atoms with Crippen LogP contribution in [0.15, 0.2) is 46.1 Å². The molecule has 2 amide bonds. The van der Waals surface area contributed by atoms with E-state index in [1.54, 1.807) is 30.3 Å². The number of furan rings is 1. The number of nitrogens with zero attached hydrogens (tertiary/aromatic N) is 1. The van der Waals surface area contributed by atoms with E-state index >= 15 is 0 Å². The summed E-state index contributed by atoms with van der Waals surface area (Å²) in [4.78, 5) is 23.5. The average Bonchev–Trinajstić information content (AvgIpc) is 3.05. The second-order valence-corrected chi connectivity index (χ2v) is 5.53. The monoisotopic (exact) mass is 347 g/mol. The van der Waals surface area contributed by atoms with Crippen LogP contribution in [0.5, 0.6) is 0 Å². The van der Waals surface area contributed by atoms with Crippen molar-refractivity contribution in [3.63, 3.8) is 0 Å². The van der Waals surface area contributed by atoms with E-state index in [-0.39, 0.29) is 24.7 Å². The fourth-order valence-corrected chi connectivity index (χ4v) is 2.13. The summed E-state index contributed by atoms with van der Waals surface area (Å²) in [5.41, 5.74) is 3.88. The molecular weight excluding hydrogens is 330 g/mol. The standard InChI is InChI=1S/C17H18ClN3O3/c1-12-14(18)6-2-7-15(12)20-16(22)8-3-9-17(23)21-19-11-13-5-4-10-24-13/h2,4-7,10-11H,3,8-9H2,1H3,(H,20,22)(H,21,23)/b19-11-. The van der Waals surface area contributed by atoms with Gasteiger partial charge in [0.1, 0.15) is 5.76 Å². The van der Waals surface area contributed by atoms with Gasteiger partial charge in [-0.1, -0.05) is 17.7 Å². The number of rotatable bonds is 7. The van der Waals surface area contributed by atoms with Gasteiger partial charge >= 0.3 is 0 Å². The van der Waals surface area contributed by atoms with Crippen molar-refractivity contribution in [2.45, 2.75) is 26.2 Å². The van der Waals surface area contributed by atoms with E-state index in [0.717, 1.165) is 5.56 Å². The Labute approximate surface area is 144 Å². The van der Waals surface area contributed by atoms with E-state index in [9.17, 15) is 9.59 Å². The summed E-state index contributed by atoms with van der Waals surface area (Å²) in [5, 5.41) is 7.16. The van der Waals surface area contributed by atoms with Gasteiger partial charge in [0.05, 0.1) is 12.5 Å². The predicted molar refractivity (Wildman–Crippen MR) is 93.1 cm³/mol. The number of carbonyl (C=O) groups excluding carboxylic acids is 2. The molecule has 0 aliphatic heterocycles. The van der Waals surface area contributed by atoms with E-state index in [1.165, 1.54) is 12.5 Å². The lowest BCUT2D eigenvalue weighted by Crippen LogP contribution is -2.18. The minimum Gasteiger partial charge on any atom is -0.463 e. The largest absolute Gasteiger partial charge is 0.463 e. The molecule has 1 aromatic carbocycles. The number of hydrazone groups is 1. The number of halogens is 1. The van der Waals surface area contributed by atoms with Crippen LogP contribution in [0, 0.1) is 6.92 Å². The molecule has 0 spiro atoms. The molecule has 0 aliphatic rings. The van der Waals surface area contributed by atoms with E-state index < -0.39 is 0 Å². The Kier molecular flexibility index (Phi) is 6.57. The molecular formula is C17H18ClN3O3. The van der Waals surface area contributed by atoms with Crippen molar-refractivity contribution in [2.24, 2.45) is 5.10 Å². The summed E-state index contributed by atoms with van der Waals surface area (Å²) in [6, 6.07) is 8.77. The molecule has 0 saturated carbocycles. The second-order valence-electron chi connectivity index (χ2n) is 5.12. The number of carbonyl (C=O) groups is 2. The van der Waals surface area contributed by atoms with Crippen molar-refractivity contribution in [2.75, 3.05) is 5.32 Å². The highest BCUT2D eigenvalue weighted by Gasteiger charge is 2.08. The third-order valence-electron chi connectivity index (χ3n) is 3.27. The van der Waals surface area contributed by atoms with Gasteiger partial charge in [-0.25, -0.2) is 5.43 Å². The summed E-state index contributed by atoms with van der Waals surface area (Å²) in [6.07, 6.45) is 3.79. The Balaban J connectivity index is 1.68. The van der Waals surface area contributed by atoms with Crippen LogP contribution in [-0.4, -0.2) is 18.0 Å². The van der Waals surface area contributed by atoms with Crippen LogP contribution in [0.4, 0.5) is 5.69 Å². The predicted octanol–water partition coefficient (Wildman–Crippen LogP) is 3.50. The lowest BCUT2D eigenvalue weighted by molar-refractivity contribution is -0.121. The van der Waals surface area contributed by atoms with Gasteiger partial charge in [0.2, 0.25) is 11.8 Å². The van der Waals surface area contributed by atoms with Gasteiger partial charge in [-0.2, -0.15) is 5.10 Å². The number of benzene rings is 1. The quantitative estimate of drug-likeness (QED) is 0.594. The molecule has 2 rings (SSSR count). The molecule has 126 valence electrons. The van der Waals surface area contributed by atoms with Crippen LogP contribution in [-0.2, 0) is 9.59 Å². The van der Waals surface area contributed by atoms with Gasteiger partial charge in [0.15, 0.2) is 0 Å². The first-order valence-corrected chi connectivity index (χ1v) is 7.84. The molecule has 0 unspecified atom stereocenters. The molecule has 2 aromatic rings. The average molecular weight is 348 g/mol. The zero-order chi connectivity index (χ0) is 17.4. The third-order valence-corrected chi connectivity index (χ3v) is 3.68. The Morgan fingerprint density at radius 3 is 2.75 bits per heavy atom. The molecule has 7 heteroatoms. The normalized spacial score (nSPS) is 10.8. The summed E-state index contributed by atoms with van der Waals surface area (Å²) < 4.78 is 5.04. The third kappa shape index (κ3) is 5.55. The highest BCUT2D eigenvalue weighted by atomic mass is 35.5. The topological polar surface area (TPSA) is 83.7 Å². The highest BCUT2D eigenvalue weighted by Crippen LogP contribution is 2.23. The van der Waals surface area contributed by atoms with Crippen molar-refractivity contribution in [3.05, 3.63) is 52.9 Å². The SMILES string of the molecule is Cc1c(Cl)cccc1NC(=O)CCCC(=O)N/N=C\c1ccco1. The van der Waals surface area contributed by atoms with Crippen molar-refractivity contribution in [3.8, 4) is 0 Å². The lowest BCUT2D eigenvalue weighted by atomic mass is 10.2. The molecule has 6 nitrogen and oxygen atoms in total. The molecule has 0 radical (unpaired) electrons. The molecule has 0 atom stereocenters. The van der Waals surface area contributed by atoms with Crippen molar-refractivity contribution in [1.82, 2.24) is 5.43 Å². The number of hydrogen-bond donors (Lipinski definition) is 2. The molecule has 2 N–H and O–H groups in total. The minimum atomic E-state index is -0.260. The van der Waals surface area contributed by atoms with E-state index in [2.05, 4.69) is 15.8 Å². The number of hydrogen-bond acceptors (Lipinski definition) is 4. The molecule has 1 heterocycles. The molecule has 24 heavy (non-hydrogen) atoms. The first-order chi connectivity index (χ1) is 11.6. The second kappa shape index (κ2) is 8.88. The molecule has 0 fully saturated rings. The Morgan fingerprint density at radius 2 is 2.00 bits per heavy atom. The van der Waals surface area contributed by atoms with Gasteiger partial charge in [-0.05, 0) is 43.2 Å². The molecule has 1 aromatic heterocycles. The zero-order valence-corrected chi connectivity index (χ0v) is 14.0. The van der Waals surface area contributed by atoms with Crippen LogP contribution < -0.4 is 10.7 Å². The zero-order valence-electron chi connectivity index (χ0n) is 13.2. The van der Waals surface area contributed by atoms with Crippen LogP contribution >= 0.6 is 11.6 Å². The molecule has 0 aliphatic carbocycles. The van der Waals surface area contributed by atoms with Crippen LogP contribution in [0.25, 0.3) is 0 Å². The summed E-state index contributed by atoms with van der Waals surface area (Å²) in [7, 11) is 0. The highest BCUT2D eigenvalue weighted by molar-refractivity contribution is 6.31. The number of anilines is 1. The van der Waals surface area contributed by atoms with Crippen LogP contribution in [0.1, 0.15) is 30.6 Å². The molecule has 0 bridgehead atoms. The van der Waals surface area contributed by atoms with Crippen LogP contribution in [0.2, 0.25) is 5.02 Å². The first-order valence-electron chi connectivity index (χ1n) is 7.46. The lowest BCUT2D eigenvalue weighted by Gasteiger charge is -2.09. The van der Waals surface area contributed by atoms with Gasteiger partial charge in [-0.3, -0.25) is 9.59 Å². The summed E-state index contributed by atoms with van der Waals surface area (Å²) >= 11 is 6.00. The number of nitrogens with one attached hydrogen (secondary N) is 2. The van der Waals surface area contributed by atoms with Crippen LogP contribution in [0.3, 0.4) is 0 Å². The van der Waals surface area contributed by atoms with Crippen molar-refractivity contribution >= 4 is 35.3 Å². The van der Waals surface area contributed by atoms with E-state index in [4.69, 9.17) is 16.0 Å². The maximum atomic E-state index is 11.9. The Hall–Kier alpha value is -2.60. The van der Waals surface area contributed by atoms with E-state index in [0.29, 0.717) is 22.9 Å².